The third-order valence-corrected chi connectivity index (χ3v) is 5.50. The second kappa shape index (κ2) is 11.0. The summed E-state index contributed by atoms with van der Waals surface area (Å²) in [4.78, 5) is 6.72. The molecule has 1 saturated heterocycles. The Balaban J connectivity index is 1.50. The largest absolute Gasteiger partial charge is 0.492 e. The highest BCUT2D eigenvalue weighted by Crippen LogP contribution is 2.18. The second-order valence-electron chi connectivity index (χ2n) is 7.46. The molecule has 0 amide bonds. The van der Waals surface area contributed by atoms with Crippen LogP contribution in [0.1, 0.15) is 22.5 Å². The number of ether oxygens (including phenoxy) is 2. The number of hydrogen-bond donors (Lipinski definition) is 2. The van der Waals surface area contributed by atoms with Gasteiger partial charge in [-0.1, -0.05) is 18.2 Å². The number of aromatic nitrogens is 2. The molecule has 0 aliphatic carbocycles. The molecule has 0 saturated carbocycles. The van der Waals surface area contributed by atoms with Crippen LogP contribution in [0.2, 0.25) is 0 Å². The highest BCUT2D eigenvalue weighted by Gasteiger charge is 2.12. The molecule has 1 aromatic heterocycles. The maximum atomic E-state index is 6.08. The van der Waals surface area contributed by atoms with Crippen molar-refractivity contribution in [2.45, 2.75) is 26.9 Å². The molecule has 1 aliphatic rings. The molecule has 1 fully saturated rings. The summed E-state index contributed by atoms with van der Waals surface area (Å²) in [6.07, 6.45) is 0. The van der Waals surface area contributed by atoms with Gasteiger partial charge in [0, 0.05) is 63.6 Å². The Hall–Kier alpha value is -2.58. The Kier molecular flexibility index (Phi) is 8.10. The van der Waals surface area contributed by atoms with Crippen LogP contribution in [0.4, 0.5) is 0 Å². The van der Waals surface area contributed by atoms with Crippen molar-refractivity contribution in [2.24, 2.45) is 12.0 Å². The molecule has 1 aliphatic heterocycles. The van der Waals surface area contributed by atoms with Gasteiger partial charge in [0.05, 0.1) is 18.9 Å². The van der Waals surface area contributed by atoms with E-state index in [0.29, 0.717) is 19.7 Å². The smallest absolute Gasteiger partial charge is 0.191 e. The van der Waals surface area contributed by atoms with Crippen molar-refractivity contribution in [3.63, 3.8) is 0 Å². The Labute approximate surface area is 179 Å². The van der Waals surface area contributed by atoms with Crippen molar-refractivity contribution in [1.82, 2.24) is 25.3 Å². The van der Waals surface area contributed by atoms with E-state index in [0.717, 1.165) is 61.5 Å². The molecule has 2 N–H and O–H groups in total. The summed E-state index contributed by atoms with van der Waals surface area (Å²) in [5.41, 5.74) is 4.51. The molecule has 0 bridgehead atoms. The Morgan fingerprint density at radius 3 is 2.60 bits per heavy atom. The summed E-state index contributed by atoms with van der Waals surface area (Å²) in [7, 11) is 3.75. The minimum atomic E-state index is 0.637. The molecule has 30 heavy (non-hydrogen) atoms. The van der Waals surface area contributed by atoms with Crippen LogP contribution in [-0.4, -0.2) is 67.1 Å². The molecule has 3 rings (SSSR count). The van der Waals surface area contributed by atoms with Crippen molar-refractivity contribution in [3.8, 4) is 5.75 Å². The Morgan fingerprint density at radius 2 is 1.90 bits per heavy atom. The highest BCUT2D eigenvalue weighted by molar-refractivity contribution is 5.79. The third-order valence-electron chi connectivity index (χ3n) is 5.50. The number of morpholine rings is 1. The molecule has 0 unspecified atom stereocenters. The van der Waals surface area contributed by atoms with E-state index in [1.807, 2.05) is 36.9 Å². The first-order valence-corrected chi connectivity index (χ1v) is 10.5. The lowest BCUT2D eigenvalue weighted by atomic mass is 10.2. The molecule has 0 radical (unpaired) electrons. The lowest BCUT2D eigenvalue weighted by Crippen LogP contribution is -2.38. The molecule has 164 valence electrons. The van der Waals surface area contributed by atoms with Crippen molar-refractivity contribution >= 4 is 5.96 Å². The zero-order valence-corrected chi connectivity index (χ0v) is 18.6. The van der Waals surface area contributed by atoms with Crippen molar-refractivity contribution < 1.29 is 9.47 Å². The molecule has 2 aromatic rings. The molecular weight excluding hydrogens is 380 g/mol. The fraction of sp³-hybridized carbons (Fsp3) is 0.545. The van der Waals surface area contributed by atoms with Gasteiger partial charge in [0.15, 0.2) is 5.96 Å². The lowest BCUT2D eigenvalue weighted by molar-refractivity contribution is 0.0322. The van der Waals surface area contributed by atoms with E-state index in [1.165, 1.54) is 5.56 Å². The molecule has 0 atom stereocenters. The minimum Gasteiger partial charge on any atom is -0.492 e. The van der Waals surface area contributed by atoms with Crippen molar-refractivity contribution in [1.29, 1.82) is 0 Å². The number of hydrogen-bond acceptors (Lipinski definition) is 5. The SMILES string of the molecule is CN=C(NCc1ccccc1OCCN1CCOCC1)NCc1c(C)nn(C)c1C. The summed E-state index contributed by atoms with van der Waals surface area (Å²) in [5.74, 6) is 1.66. The van der Waals surface area contributed by atoms with E-state index >= 15 is 0 Å². The molecule has 0 spiro atoms. The van der Waals surface area contributed by atoms with Gasteiger partial charge in [0.1, 0.15) is 12.4 Å². The first-order valence-electron chi connectivity index (χ1n) is 10.5. The summed E-state index contributed by atoms with van der Waals surface area (Å²) in [5, 5.41) is 11.2. The van der Waals surface area contributed by atoms with Crippen LogP contribution in [0.25, 0.3) is 0 Å². The Morgan fingerprint density at radius 1 is 1.17 bits per heavy atom. The number of rotatable bonds is 8. The Bertz CT molecular complexity index is 842. The number of benzene rings is 1. The fourth-order valence-corrected chi connectivity index (χ4v) is 3.55. The average Bonchev–Trinajstić information content (AvgIpc) is 3.01. The molecule has 1 aromatic carbocycles. The molecular formula is C22H34N6O2. The molecule has 8 nitrogen and oxygen atoms in total. The van der Waals surface area contributed by atoms with E-state index in [9.17, 15) is 0 Å². The topological polar surface area (TPSA) is 75.9 Å². The van der Waals surface area contributed by atoms with Gasteiger partial charge in [-0.05, 0) is 19.9 Å². The number of aryl methyl sites for hydroxylation is 2. The van der Waals surface area contributed by atoms with Gasteiger partial charge in [-0.3, -0.25) is 14.6 Å². The predicted molar refractivity (Wildman–Crippen MR) is 119 cm³/mol. The summed E-state index contributed by atoms with van der Waals surface area (Å²) < 4.78 is 13.4. The van der Waals surface area contributed by atoms with Crippen LogP contribution in [0.5, 0.6) is 5.75 Å². The first kappa shape index (κ1) is 22.1. The van der Waals surface area contributed by atoms with Gasteiger partial charge in [0.25, 0.3) is 0 Å². The van der Waals surface area contributed by atoms with Crippen LogP contribution in [0.3, 0.4) is 0 Å². The number of nitrogens with zero attached hydrogens (tertiary/aromatic N) is 4. The number of nitrogens with one attached hydrogen (secondary N) is 2. The standard InChI is InChI=1S/C22H34N6O2/c1-17-20(18(2)27(4)26-17)16-25-22(23-3)24-15-19-7-5-6-8-21(19)30-14-11-28-9-12-29-13-10-28/h5-8H,9-16H2,1-4H3,(H2,23,24,25). The normalized spacial score (nSPS) is 15.3. The highest BCUT2D eigenvalue weighted by atomic mass is 16.5. The number of para-hydroxylation sites is 1. The van der Waals surface area contributed by atoms with Gasteiger partial charge in [0.2, 0.25) is 0 Å². The van der Waals surface area contributed by atoms with Crippen molar-refractivity contribution in [2.75, 3.05) is 46.5 Å². The number of guanidine groups is 1. The van der Waals surface area contributed by atoms with E-state index in [2.05, 4.69) is 38.6 Å². The molecule has 8 heteroatoms. The zero-order valence-electron chi connectivity index (χ0n) is 18.6. The van der Waals surface area contributed by atoms with Crippen molar-refractivity contribution in [3.05, 3.63) is 46.8 Å². The average molecular weight is 415 g/mol. The van der Waals surface area contributed by atoms with Crippen LogP contribution >= 0.6 is 0 Å². The first-order chi connectivity index (χ1) is 14.6. The van der Waals surface area contributed by atoms with Crippen LogP contribution in [-0.2, 0) is 24.9 Å². The van der Waals surface area contributed by atoms with Gasteiger partial charge < -0.3 is 20.1 Å². The minimum absolute atomic E-state index is 0.637. The van der Waals surface area contributed by atoms with Gasteiger partial charge >= 0.3 is 0 Å². The van der Waals surface area contributed by atoms with E-state index in [4.69, 9.17) is 9.47 Å². The van der Waals surface area contributed by atoms with Crippen LogP contribution in [0.15, 0.2) is 29.3 Å². The fourth-order valence-electron chi connectivity index (χ4n) is 3.55. The van der Waals surface area contributed by atoms with Gasteiger partial charge in [-0.2, -0.15) is 5.10 Å². The maximum absolute atomic E-state index is 6.08. The predicted octanol–water partition coefficient (Wildman–Crippen LogP) is 1.61. The quantitative estimate of drug-likeness (QED) is 0.505. The summed E-state index contributed by atoms with van der Waals surface area (Å²) in [6.45, 7) is 10.6. The van der Waals surface area contributed by atoms with E-state index in [1.54, 1.807) is 7.05 Å². The van der Waals surface area contributed by atoms with Crippen LogP contribution < -0.4 is 15.4 Å². The maximum Gasteiger partial charge on any atom is 0.191 e. The monoisotopic (exact) mass is 414 g/mol. The zero-order chi connectivity index (χ0) is 21.3. The third kappa shape index (κ3) is 5.96. The van der Waals surface area contributed by atoms with Crippen LogP contribution in [0, 0.1) is 13.8 Å². The van der Waals surface area contributed by atoms with E-state index < -0.39 is 0 Å². The second-order valence-corrected chi connectivity index (χ2v) is 7.46. The summed E-state index contributed by atoms with van der Waals surface area (Å²) in [6, 6.07) is 8.15. The van der Waals surface area contributed by atoms with E-state index in [-0.39, 0.29) is 0 Å². The lowest BCUT2D eigenvalue weighted by Gasteiger charge is -2.26. The summed E-state index contributed by atoms with van der Waals surface area (Å²) >= 11 is 0. The van der Waals surface area contributed by atoms with Gasteiger partial charge in [-0.25, -0.2) is 0 Å². The number of aliphatic imine (C=N–C) groups is 1. The molecule has 2 heterocycles. The van der Waals surface area contributed by atoms with Gasteiger partial charge in [-0.15, -0.1) is 0 Å².